The summed E-state index contributed by atoms with van der Waals surface area (Å²) in [6.07, 6.45) is 2.97. The molecule has 0 unspecified atom stereocenters. The lowest BCUT2D eigenvalue weighted by atomic mass is 10.2. The molecule has 0 spiro atoms. The first-order valence-electron chi connectivity index (χ1n) is 7.21. The molecule has 5 nitrogen and oxygen atoms in total. The molecule has 6 heteroatoms. The van der Waals surface area contributed by atoms with Gasteiger partial charge in [-0.15, -0.1) is 0 Å². The van der Waals surface area contributed by atoms with E-state index in [1.54, 1.807) is 12.1 Å². The van der Waals surface area contributed by atoms with Crippen molar-refractivity contribution in [2.75, 3.05) is 19.6 Å². The van der Waals surface area contributed by atoms with Gasteiger partial charge >= 0.3 is 0 Å². The van der Waals surface area contributed by atoms with Crippen LogP contribution >= 0.6 is 15.9 Å². The zero-order chi connectivity index (χ0) is 15.5. The molecule has 0 aliphatic carbocycles. The Morgan fingerprint density at radius 2 is 2.05 bits per heavy atom. The number of nitrogens with one attached hydrogen (secondary N) is 2. The van der Waals surface area contributed by atoms with Crippen molar-refractivity contribution in [1.29, 1.82) is 0 Å². The van der Waals surface area contributed by atoms with E-state index < -0.39 is 0 Å². The minimum Gasteiger partial charge on any atom is -0.370 e. The number of nitrogens with two attached hydrogens (primary N) is 1. The van der Waals surface area contributed by atoms with E-state index in [1.807, 2.05) is 12.1 Å². The fourth-order valence-electron chi connectivity index (χ4n) is 1.66. The van der Waals surface area contributed by atoms with Crippen LogP contribution < -0.4 is 16.4 Å². The van der Waals surface area contributed by atoms with E-state index in [4.69, 9.17) is 5.73 Å². The Labute approximate surface area is 134 Å². The SMILES string of the molecule is CCCCNC(N)=NCCCNC(=O)c1cccc(Br)c1. The molecule has 1 aromatic carbocycles. The molecule has 1 rings (SSSR count). The summed E-state index contributed by atoms with van der Waals surface area (Å²) in [5.74, 6) is 0.399. The number of amides is 1. The highest BCUT2D eigenvalue weighted by Gasteiger charge is 2.04. The van der Waals surface area contributed by atoms with Gasteiger partial charge in [0.2, 0.25) is 0 Å². The predicted octanol–water partition coefficient (Wildman–Crippen LogP) is 2.27. The Balaban J connectivity index is 2.19. The minimum atomic E-state index is -0.0747. The van der Waals surface area contributed by atoms with Crippen molar-refractivity contribution in [2.24, 2.45) is 10.7 Å². The average molecular weight is 355 g/mol. The van der Waals surface area contributed by atoms with Gasteiger partial charge in [-0.3, -0.25) is 9.79 Å². The largest absolute Gasteiger partial charge is 0.370 e. The zero-order valence-electron chi connectivity index (χ0n) is 12.4. The topological polar surface area (TPSA) is 79.5 Å². The van der Waals surface area contributed by atoms with E-state index in [-0.39, 0.29) is 5.91 Å². The smallest absolute Gasteiger partial charge is 0.251 e. The third-order valence-electron chi connectivity index (χ3n) is 2.83. The average Bonchev–Trinajstić information content (AvgIpc) is 2.47. The second-order valence-electron chi connectivity index (χ2n) is 4.67. The number of benzene rings is 1. The van der Waals surface area contributed by atoms with Crippen LogP contribution in [-0.4, -0.2) is 31.5 Å². The molecule has 0 aliphatic heterocycles. The molecule has 0 aromatic heterocycles. The molecule has 0 bridgehead atoms. The summed E-state index contributed by atoms with van der Waals surface area (Å²) in [6, 6.07) is 7.31. The van der Waals surface area contributed by atoms with Gasteiger partial charge in [-0.05, 0) is 31.0 Å². The van der Waals surface area contributed by atoms with E-state index in [0.29, 0.717) is 24.6 Å². The second-order valence-corrected chi connectivity index (χ2v) is 5.58. The summed E-state index contributed by atoms with van der Waals surface area (Å²) in [4.78, 5) is 16.1. The molecule has 4 N–H and O–H groups in total. The lowest BCUT2D eigenvalue weighted by Crippen LogP contribution is -2.32. The highest BCUT2D eigenvalue weighted by molar-refractivity contribution is 9.10. The molecule has 0 saturated carbocycles. The molecule has 21 heavy (non-hydrogen) atoms. The minimum absolute atomic E-state index is 0.0747. The number of guanidine groups is 1. The van der Waals surface area contributed by atoms with E-state index in [0.717, 1.165) is 30.3 Å². The van der Waals surface area contributed by atoms with Crippen LogP contribution in [0.15, 0.2) is 33.7 Å². The lowest BCUT2D eigenvalue weighted by Gasteiger charge is -2.06. The van der Waals surface area contributed by atoms with Crippen molar-refractivity contribution in [1.82, 2.24) is 10.6 Å². The molecule has 0 atom stereocenters. The number of nitrogens with zero attached hydrogens (tertiary/aromatic N) is 1. The van der Waals surface area contributed by atoms with E-state index in [9.17, 15) is 4.79 Å². The van der Waals surface area contributed by atoms with Crippen molar-refractivity contribution in [3.63, 3.8) is 0 Å². The van der Waals surface area contributed by atoms with Crippen LogP contribution in [0.25, 0.3) is 0 Å². The van der Waals surface area contributed by atoms with Gasteiger partial charge in [0.15, 0.2) is 5.96 Å². The molecular formula is C15H23BrN4O. The number of unbranched alkanes of at least 4 members (excludes halogenated alkanes) is 1. The van der Waals surface area contributed by atoms with Crippen molar-refractivity contribution in [2.45, 2.75) is 26.2 Å². The monoisotopic (exact) mass is 354 g/mol. The number of carbonyl (C=O) groups is 1. The quantitative estimate of drug-likeness (QED) is 0.380. The summed E-state index contributed by atoms with van der Waals surface area (Å²) in [5, 5.41) is 5.91. The number of aliphatic imine (C=N–C) groups is 1. The number of halogens is 1. The van der Waals surface area contributed by atoms with Gasteiger partial charge in [-0.25, -0.2) is 0 Å². The Morgan fingerprint density at radius 1 is 1.29 bits per heavy atom. The van der Waals surface area contributed by atoms with Crippen LogP contribution in [0.5, 0.6) is 0 Å². The summed E-state index contributed by atoms with van der Waals surface area (Å²) in [5.41, 5.74) is 6.36. The van der Waals surface area contributed by atoms with Crippen LogP contribution in [0.2, 0.25) is 0 Å². The maximum atomic E-state index is 11.9. The fourth-order valence-corrected chi connectivity index (χ4v) is 2.06. The van der Waals surface area contributed by atoms with E-state index >= 15 is 0 Å². The van der Waals surface area contributed by atoms with Gasteiger partial charge in [0.25, 0.3) is 5.91 Å². The summed E-state index contributed by atoms with van der Waals surface area (Å²) >= 11 is 3.35. The molecule has 0 saturated heterocycles. The van der Waals surface area contributed by atoms with Crippen molar-refractivity contribution in [3.8, 4) is 0 Å². The maximum Gasteiger partial charge on any atom is 0.251 e. The standard InChI is InChI=1S/C15H23BrN4O/c1-2-3-8-19-15(17)20-10-5-9-18-14(21)12-6-4-7-13(16)11-12/h4,6-7,11H,2-3,5,8-10H2,1H3,(H,18,21)(H3,17,19,20). The third-order valence-corrected chi connectivity index (χ3v) is 3.32. The highest BCUT2D eigenvalue weighted by Crippen LogP contribution is 2.11. The molecule has 1 amide bonds. The zero-order valence-corrected chi connectivity index (χ0v) is 13.9. The molecule has 0 radical (unpaired) electrons. The molecule has 0 aliphatic rings. The first-order valence-corrected chi connectivity index (χ1v) is 8.00. The lowest BCUT2D eigenvalue weighted by molar-refractivity contribution is 0.0953. The van der Waals surface area contributed by atoms with Gasteiger partial charge in [0.05, 0.1) is 0 Å². The van der Waals surface area contributed by atoms with Crippen molar-refractivity contribution >= 4 is 27.8 Å². The van der Waals surface area contributed by atoms with Crippen molar-refractivity contribution < 1.29 is 4.79 Å². The predicted molar refractivity (Wildman–Crippen MR) is 90.5 cm³/mol. The number of hydrogen-bond acceptors (Lipinski definition) is 2. The summed E-state index contributed by atoms with van der Waals surface area (Å²) < 4.78 is 0.894. The Kier molecular flexibility index (Phi) is 8.50. The molecule has 0 heterocycles. The van der Waals surface area contributed by atoms with Gasteiger partial charge in [-0.1, -0.05) is 35.3 Å². The summed E-state index contributed by atoms with van der Waals surface area (Å²) in [6.45, 7) is 4.16. The Hall–Kier alpha value is -1.56. The van der Waals surface area contributed by atoms with E-state index in [1.165, 1.54) is 0 Å². The van der Waals surface area contributed by atoms with Gasteiger partial charge in [0, 0.05) is 29.7 Å². The molecule has 1 aromatic rings. The first-order chi connectivity index (χ1) is 10.1. The van der Waals surface area contributed by atoms with Crippen molar-refractivity contribution in [3.05, 3.63) is 34.3 Å². The Morgan fingerprint density at radius 3 is 2.76 bits per heavy atom. The highest BCUT2D eigenvalue weighted by atomic mass is 79.9. The first kappa shape index (κ1) is 17.5. The molecule has 0 fully saturated rings. The van der Waals surface area contributed by atoms with E-state index in [2.05, 4.69) is 38.5 Å². The van der Waals surface area contributed by atoms with Crippen LogP contribution in [0, 0.1) is 0 Å². The van der Waals surface area contributed by atoms with Crippen LogP contribution in [-0.2, 0) is 0 Å². The van der Waals surface area contributed by atoms with Crippen LogP contribution in [0.1, 0.15) is 36.5 Å². The summed E-state index contributed by atoms with van der Waals surface area (Å²) in [7, 11) is 0. The number of hydrogen-bond donors (Lipinski definition) is 3. The van der Waals surface area contributed by atoms with Gasteiger partial charge in [-0.2, -0.15) is 0 Å². The van der Waals surface area contributed by atoms with Crippen LogP contribution in [0.4, 0.5) is 0 Å². The second kappa shape index (κ2) is 10.2. The fraction of sp³-hybridized carbons (Fsp3) is 0.467. The molecular weight excluding hydrogens is 332 g/mol. The normalized spacial score (nSPS) is 11.2. The van der Waals surface area contributed by atoms with Crippen LogP contribution in [0.3, 0.4) is 0 Å². The Bertz CT molecular complexity index is 476. The molecule has 116 valence electrons. The maximum absolute atomic E-state index is 11.9. The number of rotatable bonds is 8. The number of carbonyl (C=O) groups excluding carboxylic acids is 1. The van der Waals surface area contributed by atoms with Gasteiger partial charge in [0.1, 0.15) is 0 Å². The van der Waals surface area contributed by atoms with Gasteiger partial charge < -0.3 is 16.4 Å². The third kappa shape index (κ3) is 7.70.